The van der Waals surface area contributed by atoms with Crippen LogP contribution in [-0.4, -0.2) is 17.1 Å². The number of pyridine rings is 2. The van der Waals surface area contributed by atoms with E-state index in [2.05, 4.69) is 9.97 Å². The van der Waals surface area contributed by atoms with Crippen LogP contribution in [-0.2, 0) is 6.18 Å². The van der Waals surface area contributed by atoms with Crippen LogP contribution in [0.4, 0.5) is 17.6 Å². The largest absolute Gasteiger partial charge is 0.493 e. The van der Waals surface area contributed by atoms with Gasteiger partial charge in [0, 0.05) is 17.3 Å². The predicted molar refractivity (Wildman–Crippen MR) is 85.5 cm³/mol. The first-order chi connectivity index (χ1) is 12.4. The Kier molecular flexibility index (Phi) is 4.75. The lowest BCUT2D eigenvalue weighted by atomic mass is 10.1. The fraction of sp³-hybridized carbons (Fsp3) is 0.111. The normalized spacial score (nSPS) is 11.3. The van der Waals surface area contributed by atoms with Crippen LogP contribution in [0.15, 0.2) is 54.9 Å². The van der Waals surface area contributed by atoms with Crippen LogP contribution in [0.25, 0.3) is 11.1 Å². The second kappa shape index (κ2) is 6.99. The molecule has 3 aromatic rings. The molecular formula is C18H12F4N2O2. The summed E-state index contributed by atoms with van der Waals surface area (Å²) in [6.45, 7) is 0. The molecule has 0 aliphatic heterocycles. The number of ether oxygens (including phenoxy) is 2. The van der Waals surface area contributed by atoms with Gasteiger partial charge in [0.25, 0.3) is 0 Å². The van der Waals surface area contributed by atoms with Crippen molar-refractivity contribution in [3.05, 3.63) is 66.4 Å². The van der Waals surface area contributed by atoms with Gasteiger partial charge in [0.1, 0.15) is 11.4 Å². The summed E-state index contributed by atoms with van der Waals surface area (Å²) in [4.78, 5) is 7.41. The zero-order chi connectivity index (χ0) is 18.7. The summed E-state index contributed by atoms with van der Waals surface area (Å²) in [6.07, 6.45) is -2.14. The van der Waals surface area contributed by atoms with Crippen LogP contribution in [0.5, 0.6) is 17.4 Å². The van der Waals surface area contributed by atoms with E-state index in [9.17, 15) is 17.6 Å². The topological polar surface area (TPSA) is 44.2 Å². The molecule has 0 spiro atoms. The van der Waals surface area contributed by atoms with Gasteiger partial charge in [-0.05, 0) is 30.3 Å². The fourth-order valence-corrected chi connectivity index (χ4v) is 2.33. The van der Waals surface area contributed by atoms with Gasteiger partial charge in [-0.1, -0.05) is 12.1 Å². The lowest BCUT2D eigenvalue weighted by molar-refractivity contribution is -0.141. The summed E-state index contributed by atoms with van der Waals surface area (Å²) in [5.41, 5.74) is -0.211. The molecule has 0 saturated heterocycles. The molecule has 0 bridgehead atoms. The zero-order valence-electron chi connectivity index (χ0n) is 13.4. The predicted octanol–water partition coefficient (Wildman–Crippen LogP) is 5.10. The first-order valence-corrected chi connectivity index (χ1v) is 7.39. The Morgan fingerprint density at radius 3 is 2.35 bits per heavy atom. The van der Waals surface area contributed by atoms with Crippen molar-refractivity contribution in [2.45, 2.75) is 6.18 Å². The minimum Gasteiger partial charge on any atom is -0.493 e. The summed E-state index contributed by atoms with van der Waals surface area (Å²) in [5.74, 6) is -0.404. The van der Waals surface area contributed by atoms with E-state index >= 15 is 0 Å². The van der Waals surface area contributed by atoms with Crippen LogP contribution >= 0.6 is 0 Å². The van der Waals surface area contributed by atoms with Gasteiger partial charge in [-0.25, -0.2) is 14.4 Å². The highest BCUT2D eigenvalue weighted by Gasteiger charge is 2.32. The maximum atomic E-state index is 13.9. The third-order valence-electron chi connectivity index (χ3n) is 3.47. The average molecular weight is 364 g/mol. The Morgan fingerprint density at radius 2 is 1.69 bits per heavy atom. The maximum Gasteiger partial charge on any atom is 0.433 e. The van der Waals surface area contributed by atoms with E-state index in [0.717, 1.165) is 18.3 Å². The number of para-hydroxylation sites is 1. The van der Waals surface area contributed by atoms with Crippen LogP contribution in [0.1, 0.15) is 5.69 Å². The summed E-state index contributed by atoms with van der Waals surface area (Å²) in [5, 5.41) is 0. The highest BCUT2D eigenvalue weighted by molar-refractivity contribution is 5.74. The van der Waals surface area contributed by atoms with Crippen molar-refractivity contribution >= 4 is 0 Å². The molecule has 0 atom stereocenters. The highest BCUT2D eigenvalue weighted by atomic mass is 19.4. The number of rotatable bonds is 4. The Hall–Kier alpha value is -3.16. The summed E-state index contributed by atoms with van der Waals surface area (Å²) in [7, 11) is 1.33. The van der Waals surface area contributed by atoms with Gasteiger partial charge < -0.3 is 9.47 Å². The van der Waals surface area contributed by atoms with E-state index in [-0.39, 0.29) is 17.4 Å². The number of nitrogens with zero attached hydrogens (tertiary/aromatic N) is 2. The van der Waals surface area contributed by atoms with Crippen LogP contribution < -0.4 is 9.47 Å². The molecule has 2 aromatic heterocycles. The minimum absolute atomic E-state index is 0.0101. The van der Waals surface area contributed by atoms with Crippen molar-refractivity contribution in [1.29, 1.82) is 0 Å². The Labute approximate surface area is 146 Å². The van der Waals surface area contributed by atoms with Crippen LogP contribution in [0, 0.1) is 5.82 Å². The molecule has 4 nitrogen and oxygen atoms in total. The quantitative estimate of drug-likeness (QED) is 0.604. The summed E-state index contributed by atoms with van der Waals surface area (Å²) < 4.78 is 62.4. The number of hydrogen-bond acceptors (Lipinski definition) is 4. The molecule has 0 radical (unpaired) electrons. The number of aromatic nitrogens is 2. The lowest BCUT2D eigenvalue weighted by Crippen LogP contribution is -2.07. The number of methoxy groups -OCH3 is 1. The van der Waals surface area contributed by atoms with Crippen molar-refractivity contribution in [2.24, 2.45) is 0 Å². The summed E-state index contributed by atoms with van der Waals surface area (Å²) in [6, 6.07) is 9.58. The molecule has 0 fully saturated rings. The van der Waals surface area contributed by atoms with Crippen molar-refractivity contribution < 1.29 is 27.0 Å². The molecule has 3 rings (SSSR count). The van der Waals surface area contributed by atoms with E-state index in [1.54, 1.807) is 18.2 Å². The van der Waals surface area contributed by atoms with Crippen molar-refractivity contribution in [3.63, 3.8) is 0 Å². The van der Waals surface area contributed by atoms with Crippen molar-refractivity contribution in [3.8, 4) is 28.5 Å². The van der Waals surface area contributed by atoms with Gasteiger partial charge in [-0.15, -0.1) is 0 Å². The molecule has 134 valence electrons. The second-order valence-electron chi connectivity index (χ2n) is 5.16. The molecule has 0 aliphatic rings. The zero-order valence-corrected chi connectivity index (χ0v) is 13.4. The van der Waals surface area contributed by atoms with E-state index in [1.165, 1.54) is 25.4 Å². The average Bonchev–Trinajstić information content (AvgIpc) is 2.62. The number of alkyl halides is 3. The van der Waals surface area contributed by atoms with Crippen molar-refractivity contribution in [1.82, 2.24) is 9.97 Å². The Morgan fingerprint density at radius 1 is 0.923 bits per heavy atom. The SMILES string of the molecule is COc1c(F)cccc1-c1cccnc1Oc1ccc(C(F)(F)F)nc1. The maximum absolute atomic E-state index is 13.9. The number of hydrogen-bond donors (Lipinski definition) is 0. The molecule has 0 unspecified atom stereocenters. The van der Waals surface area contributed by atoms with Gasteiger partial charge >= 0.3 is 6.18 Å². The Bertz CT molecular complexity index is 912. The monoisotopic (exact) mass is 364 g/mol. The van der Waals surface area contributed by atoms with E-state index in [4.69, 9.17) is 9.47 Å². The number of benzene rings is 1. The van der Waals surface area contributed by atoms with E-state index < -0.39 is 17.7 Å². The first kappa shape index (κ1) is 17.7. The van der Waals surface area contributed by atoms with Gasteiger partial charge in [0.05, 0.1) is 13.3 Å². The lowest BCUT2D eigenvalue weighted by Gasteiger charge is -2.13. The molecule has 0 aliphatic carbocycles. The van der Waals surface area contributed by atoms with Gasteiger partial charge in [0.15, 0.2) is 11.6 Å². The van der Waals surface area contributed by atoms with Crippen LogP contribution in [0.2, 0.25) is 0 Å². The molecule has 8 heteroatoms. The highest BCUT2D eigenvalue weighted by Crippen LogP contribution is 2.38. The third kappa shape index (κ3) is 3.58. The molecule has 2 heterocycles. The standard InChI is InChI=1S/C18H12F4N2O2/c1-25-16-12(4-2-6-14(16)19)13-5-3-9-23-17(13)26-11-7-8-15(24-10-11)18(20,21)22/h2-10H,1H3. The van der Waals surface area contributed by atoms with Gasteiger partial charge in [-0.2, -0.15) is 13.2 Å². The van der Waals surface area contributed by atoms with Crippen LogP contribution in [0.3, 0.4) is 0 Å². The van der Waals surface area contributed by atoms with Gasteiger partial charge in [0.2, 0.25) is 5.88 Å². The van der Waals surface area contributed by atoms with E-state index in [1.807, 2.05) is 0 Å². The first-order valence-electron chi connectivity index (χ1n) is 7.39. The molecule has 0 N–H and O–H groups in total. The molecule has 26 heavy (non-hydrogen) atoms. The van der Waals surface area contributed by atoms with Gasteiger partial charge in [-0.3, -0.25) is 0 Å². The third-order valence-corrected chi connectivity index (χ3v) is 3.47. The second-order valence-corrected chi connectivity index (χ2v) is 5.16. The molecule has 0 saturated carbocycles. The molecular weight excluding hydrogens is 352 g/mol. The molecule has 0 amide bonds. The smallest absolute Gasteiger partial charge is 0.433 e. The number of halogens is 4. The molecule has 1 aromatic carbocycles. The summed E-state index contributed by atoms with van der Waals surface area (Å²) >= 11 is 0. The van der Waals surface area contributed by atoms with Crippen molar-refractivity contribution in [2.75, 3.05) is 7.11 Å². The fourth-order valence-electron chi connectivity index (χ4n) is 2.33. The van der Waals surface area contributed by atoms with E-state index in [0.29, 0.717) is 11.1 Å². The Balaban J connectivity index is 1.97. The minimum atomic E-state index is -4.54.